The van der Waals surface area contributed by atoms with Crippen LogP contribution in [0.3, 0.4) is 0 Å². The standard InChI is InChI=1S/C41H77NO2/c1-4-6-8-10-12-14-16-18-20-22-24-26-28-30-32-34-38-43-40-36-42(3)37-41-44-39-35-33-31-29-27-25-23-21-19-17-15-13-11-9-7-5-2/h12-15,18-21H,4-11,16-17,22-41H2,1-3H3/b14-12-,15-13-,20-18-,21-19-. The largest absolute Gasteiger partial charge is 0.380 e. The van der Waals surface area contributed by atoms with Gasteiger partial charge in [0.05, 0.1) is 13.2 Å². The lowest BCUT2D eigenvalue weighted by Gasteiger charge is -2.16. The minimum atomic E-state index is 0.836. The molecule has 0 saturated heterocycles. The van der Waals surface area contributed by atoms with Gasteiger partial charge in [0, 0.05) is 26.3 Å². The monoisotopic (exact) mass is 616 g/mol. The maximum absolute atomic E-state index is 5.86. The first-order valence-corrected chi connectivity index (χ1v) is 19.2. The minimum absolute atomic E-state index is 0.836. The summed E-state index contributed by atoms with van der Waals surface area (Å²) in [4.78, 5) is 2.33. The van der Waals surface area contributed by atoms with Crippen LogP contribution in [0, 0.1) is 0 Å². The molecule has 0 amide bonds. The molecule has 0 atom stereocenters. The van der Waals surface area contributed by atoms with E-state index in [0.717, 1.165) is 52.4 Å². The third-order valence-corrected chi connectivity index (χ3v) is 8.21. The van der Waals surface area contributed by atoms with Crippen LogP contribution in [0.2, 0.25) is 0 Å². The zero-order valence-electron chi connectivity index (χ0n) is 30.1. The Balaban J connectivity index is 3.25. The van der Waals surface area contributed by atoms with Gasteiger partial charge in [-0.1, -0.05) is 140 Å². The van der Waals surface area contributed by atoms with Gasteiger partial charge in [-0.05, 0) is 84.1 Å². The number of ether oxygens (including phenoxy) is 2. The molecule has 0 aromatic rings. The zero-order chi connectivity index (χ0) is 31.9. The molecule has 3 nitrogen and oxygen atoms in total. The molecule has 0 aliphatic carbocycles. The second-order valence-electron chi connectivity index (χ2n) is 12.7. The fourth-order valence-electron chi connectivity index (χ4n) is 5.14. The van der Waals surface area contributed by atoms with Crippen LogP contribution in [0.4, 0.5) is 0 Å². The van der Waals surface area contributed by atoms with Crippen LogP contribution in [0.1, 0.15) is 168 Å². The Morgan fingerprint density at radius 2 is 0.682 bits per heavy atom. The van der Waals surface area contributed by atoms with E-state index in [0.29, 0.717) is 0 Å². The van der Waals surface area contributed by atoms with Crippen molar-refractivity contribution in [2.24, 2.45) is 0 Å². The van der Waals surface area contributed by atoms with E-state index >= 15 is 0 Å². The second kappa shape index (κ2) is 39.9. The van der Waals surface area contributed by atoms with E-state index in [9.17, 15) is 0 Å². The SMILES string of the molecule is CCCCC/C=C\C/C=C\CCCCCCCCOCCN(C)CCOCCCCCCCC/C=C\C/C=C\CCCCC. The van der Waals surface area contributed by atoms with Gasteiger partial charge in [-0.25, -0.2) is 0 Å². The average molecular weight is 616 g/mol. The molecule has 0 spiro atoms. The smallest absolute Gasteiger partial charge is 0.0593 e. The van der Waals surface area contributed by atoms with E-state index in [2.05, 4.69) is 74.4 Å². The van der Waals surface area contributed by atoms with Crippen molar-refractivity contribution in [3.63, 3.8) is 0 Å². The van der Waals surface area contributed by atoms with Gasteiger partial charge in [0.25, 0.3) is 0 Å². The summed E-state index contributed by atoms with van der Waals surface area (Å²) in [5.41, 5.74) is 0. The summed E-state index contributed by atoms with van der Waals surface area (Å²) in [6.07, 6.45) is 49.8. The predicted molar refractivity (Wildman–Crippen MR) is 198 cm³/mol. The number of allylic oxidation sites excluding steroid dienone is 8. The van der Waals surface area contributed by atoms with Crippen LogP contribution in [-0.4, -0.2) is 51.5 Å². The van der Waals surface area contributed by atoms with E-state index in [-0.39, 0.29) is 0 Å². The van der Waals surface area contributed by atoms with E-state index in [1.54, 1.807) is 0 Å². The van der Waals surface area contributed by atoms with Crippen molar-refractivity contribution in [3.8, 4) is 0 Å². The Kier molecular flexibility index (Phi) is 38.8. The quantitative estimate of drug-likeness (QED) is 0.0517. The van der Waals surface area contributed by atoms with E-state index in [4.69, 9.17) is 9.47 Å². The van der Waals surface area contributed by atoms with Gasteiger partial charge in [-0.15, -0.1) is 0 Å². The van der Waals surface area contributed by atoms with Crippen LogP contribution in [0.5, 0.6) is 0 Å². The molecule has 3 heteroatoms. The fourth-order valence-corrected chi connectivity index (χ4v) is 5.14. The zero-order valence-corrected chi connectivity index (χ0v) is 30.1. The van der Waals surface area contributed by atoms with Crippen molar-refractivity contribution in [2.45, 2.75) is 168 Å². The highest BCUT2D eigenvalue weighted by Crippen LogP contribution is 2.10. The van der Waals surface area contributed by atoms with Gasteiger partial charge in [-0.2, -0.15) is 0 Å². The molecule has 0 unspecified atom stereocenters. The van der Waals surface area contributed by atoms with E-state index in [1.807, 2.05) is 0 Å². The topological polar surface area (TPSA) is 21.7 Å². The van der Waals surface area contributed by atoms with Crippen LogP contribution >= 0.6 is 0 Å². The Hall–Kier alpha value is -1.16. The highest BCUT2D eigenvalue weighted by atomic mass is 16.5. The first-order valence-electron chi connectivity index (χ1n) is 19.2. The van der Waals surface area contributed by atoms with Gasteiger partial charge < -0.3 is 14.4 Å². The van der Waals surface area contributed by atoms with Crippen molar-refractivity contribution in [1.82, 2.24) is 4.90 Å². The van der Waals surface area contributed by atoms with Gasteiger partial charge >= 0.3 is 0 Å². The van der Waals surface area contributed by atoms with Gasteiger partial charge in [0.1, 0.15) is 0 Å². The predicted octanol–water partition coefficient (Wildman–Crippen LogP) is 12.6. The first-order chi connectivity index (χ1) is 21.8. The molecule has 258 valence electrons. The molecule has 0 aliphatic heterocycles. The molecule has 0 N–H and O–H groups in total. The van der Waals surface area contributed by atoms with Crippen LogP contribution < -0.4 is 0 Å². The molecular formula is C41H77NO2. The minimum Gasteiger partial charge on any atom is -0.380 e. The average Bonchev–Trinajstić information content (AvgIpc) is 3.03. The van der Waals surface area contributed by atoms with Crippen molar-refractivity contribution < 1.29 is 9.47 Å². The molecule has 0 rings (SSSR count). The van der Waals surface area contributed by atoms with Crippen LogP contribution in [0.25, 0.3) is 0 Å². The van der Waals surface area contributed by atoms with Crippen LogP contribution in [-0.2, 0) is 9.47 Å². The van der Waals surface area contributed by atoms with Crippen molar-refractivity contribution in [1.29, 1.82) is 0 Å². The van der Waals surface area contributed by atoms with Gasteiger partial charge in [-0.3, -0.25) is 0 Å². The third kappa shape index (κ3) is 38.9. The third-order valence-electron chi connectivity index (χ3n) is 8.21. The number of likely N-dealkylation sites (N-methyl/N-ethyl adjacent to an activating group) is 1. The molecule has 0 aromatic heterocycles. The maximum atomic E-state index is 5.86. The molecular weight excluding hydrogens is 538 g/mol. The molecule has 0 saturated carbocycles. The number of unbranched alkanes of at least 4 members (excludes halogenated alkanes) is 18. The summed E-state index contributed by atoms with van der Waals surface area (Å²) in [6, 6.07) is 0. The lowest BCUT2D eigenvalue weighted by Crippen LogP contribution is -2.27. The Morgan fingerprint density at radius 1 is 0.364 bits per heavy atom. The Morgan fingerprint density at radius 3 is 1.05 bits per heavy atom. The highest BCUT2D eigenvalue weighted by molar-refractivity contribution is 4.93. The van der Waals surface area contributed by atoms with Crippen molar-refractivity contribution >= 4 is 0 Å². The summed E-state index contributed by atoms with van der Waals surface area (Å²) in [6.45, 7) is 10.0. The summed E-state index contributed by atoms with van der Waals surface area (Å²) in [5, 5.41) is 0. The molecule has 0 aliphatic rings. The Labute approximate surface area is 277 Å². The molecule has 0 fully saturated rings. The number of hydrogen-bond acceptors (Lipinski definition) is 3. The molecule has 0 heterocycles. The maximum Gasteiger partial charge on any atom is 0.0593 e. The molecule has 0 aromatic carbocycles. The number of nitrogens with zero attached hydrogens (tertiary/aromatic N) is 1. The molecule has 44 heavy (non-hydrogen) atoms. The molecule has 0 radical (unpaired) electrons. The number of rotatable bonds is 36. The van der Waals surface area contributed by atoms with Crippen molar-refractivity contribution in [2.75, 3.05) is 46.6 Å². The van der Waals surface area contributed by atoms with Crippen LogP contribution in [0.15, 0.2) is 48.6 Å². The first kappa shape index (κ1) is 42.8. The summed E-state index contributed by atoms with van der Waals surface area (Å²) in [5.74, 6) is 0. The normalized spacial score (nSPS) is 12.5. The highest BCUT2D eigenvalue weighted by Gasteiger charge is 1.99. The lowest BCUT2D eigenvalue weighted by atomic mass is 10.1. The molecule has 0 bridgehead atoms. The van der Waals surface area contributed by atoms with E-state index < -0.39 is 0 Å². The lowest BCUT2D eigenvalue weighted by molar-refractivity contribution is 0.0814. The van der Waals surface area contributed by atoms with E-state index in [1.165, 1.54) is 141 Å². The van der Waals surface area contributed by atoms with Gasteiger partial charge in [0.15, 0.2) is 0 Å². The summed E-state index contributed by atoms with van der Waals surface area (Å²) in [7, 11) is 2.17. The summed E-state index contributed by atoms with van der Waals surface area (Å²) < 4.78 is 11.7. The van der Waals surface area contributed by atoms with Gasteiger partial charge in [0.2, 0.25) is 0 Å². The summed E-state index contributed by atoms with van der Waals surface area (Å²) >= 11 is 0. The second-order valence-corrected chi connectivity index (χ2v) is 12.7. The number of hydrogen-bond donors (Lipinski definition) is 0. The van der Waals surface area contributed by atoms with Crippen molar-refractivity contribution in [3.05, 3.63) is 48.6 Å². The Bertz CT molecular complexity index is 585. The fraction of sp³-hybridized carbons (Fsp3) is 0.805.